The van der Waals surface area contributed by atoms with Crippen molar-refractivity contribution in [3.05, 3.63) is 58.3 Å². The molecule has 8 nitrogen and oxygen atoms in total. The number of nitrogens with two attached hydrogens (primary N) is 2. The zero-order valence-electron chi connectivity index (χ0n) is 17.1. The first kappa shape index (κ1) is 20.6. The Kier molecular flexibility index (Phi) is 6.33. The number of aliphatic imine (C=N–C) groups is 1. The molecule has 6 N–H and O–H groups in total. The van der Waals surface area contributed by atoms with Gasteiger partial charge in [-0.3, -0.25) is 9.56 Å². The molecule has 0 radical (unpaired) electrons. The second-order valence-electron chi connectivity index (χ2n) is 7.58. The van der Waals surface area contributed by atoms with Crippen LogP contribution in [0.5, 0.6) is 0 Å². The van der Waals surface area contributed by atoms with Crippen molar-refractivity contribution in [1.29, 1.82) is 0 Å². The molecule has 8 heteroatoms. The normalized spacial score (nSPS) is 12.4. The van der Waals surface area contributed by atoms with Crippen LogP contribution in [0.25, 0.3) is 16.7 Å². The molecule has 0 saturated carbocycles. The third-order valence-electron chi connectivity index (χ3n) is 4.83. The van der Waals surface area contributed by atoms with Crippen molar-refractivity contribution in [2.45, 2.75) is 33.2 Å². The van der Waals surface area contributed by atoms with E-state index in [4.69, 9.17) is 11.5 Å². The Morgan fingerprint density at radius 3 is 2.66 bits per heavy atom. The first-order valence-corrected chi connectivity index (χ1v) is 9.83. The molecule has 154 valence electrons. The van der Waals surface area contributed by atoms with Crippen LogP contribution in [0.1, 0.15) is 37.6 Å². The quantitative estimate of drug-likeness (QED) is 0.263. The summed E-state index contributed by atoms with van der Waals surface area (Å²) in [5.41, 5.74) is 14.0. The Bertz CT molecular complexity index is 1040. The van der Waals surface area contributed by atoms with E-state index < -0.39 is 0 Å². The number of hydrogen-bond donors (Lipinski definition) is 4. The van der Waals surface area contributed by atoms with Crippen LogP contribution >= 0.6 is 0 Å². The largest absolute Gasteiger partial charge is 0.370 e. The molecule has 0 unspecified atom stereocenters. The molecule has 0 amide bonds. The number of aryl methyl sites for hydroxylation is 1. The fraction of sp³-hybridized carbons (Fsp3) is 0.381. The van der Waals surface area contributed by atoms with Crippen LogP contribution in [0.3, 0.4) is 0 Å². The van der Waals surface area contributed by atoms with E-state index in [2.05, 4.69) is 46.3 Å². The van der Waals surface area contributed by atoms with Crippen molar-refractivity contribution in [3.63, 3.8) is 0 Å². The monoisotopic (exact) mass is 395 g/mol. The Labute approximate surface area is 170 Å². The molecule has 0 saturated heterocycles. The second-order valence-corrected chi connectivity index (χ2v) is 7.58. The third kappa shape index (κ3) is 5.03. The lowest BCUT2D eigenvalue weighted by molar-refractivity contribution is 0.410. The minimum absolute atomic E-state index is 0.124. The van der Waals surface area contributed by atoms with Gasteiger partial charge >= 0.3 is 5.69 Å². The SMILES string of the molecule is Cc1cc2cn(-c3ccc([C@@H](NCCCN=C(N)N)C(C)C)cc3)c(=O)nc2[nH]1. The minimum Gasteiger partial charge on any atom is -0.370 e. The first-order chi connectivity index (χ1) is 13.8. The van der Waals surface area contributed by atoms with E-state index in [0.717, 1.165) is 29.7 Å². The smallest absolute Gasteiger partial charge is 0.354 e. The van der Waals surface area contributed by atoms with Crippen LogP contribution in [0.15, 0.2) is 46.3 Å². The lowest BCUT2D eigenvalue weighted by Crippen LogP contribution is -2.28. The molecule has 3 rings (SSSR count). The van der Waals surface area contributed by atoms with E-state index in [9.17, 15) is 4.79 Å². The number of nitrogens with zero attached hydrogens (tertiary/aromatic N) is 3. The number of benzene rings is 1. The standard InChI is InChI=1S/C21H29N7O/c1-13(2)18(24-9-4-10-25-20(22)23)15-5-7-17(8-6-15)28-12-16-11-14(3)26-19(16)27-21(28)29/h5-8,11-13,18,24H,4,9-10H2,1-3H3,(H4,22,23,25)(H,26,27,29)/t18-/m0/s1. The molecule has 0 aliphatic carbocycles. The molecular formula is C21H29N7O. The highest BCUT2D eigenvalue weighted by Crippen LogP contribution is 2.23. The van der Waals surface area contributed by atoms with Crippen LogP contribution < -0.4 is 22.5 Å². The van der Waals surface area contributed by atoms with Gasteiger partial charge in [0.1, 0.15) is 5.65 Å². The highest BCUT2D eigenvalue weighted by atomic mass is 16.1. The van der Waals surface area contributed by atoms with Crippen LogP contribution in [0.2, 0.25) is 0 Å². The Hall–Kier alpha value is -3.13. The Balaban J connectivity index is 1.76. The van der Waals surface area contributed by atoms with Gasteiger partial charge in [-0.25, -0.2) is 4.79 Å². The van der Waals surface area contributed by atoms with E-state index in [0.29, 0.717) is 18.1 Å². The van der Waals surface area contributed by atoms with Gasteiger partial charge in [0.2, 0.25) is 0 Å². The maximum atomic E-state index is 12.4. The van der Waals surface area contributed by atoms with Crippen LogP contribution in [-0.4, -0.2) is 33.6 Å². The average Bonchev–Trinajstić information content (AvgIpc) is 3.02. The van der Waals surface area contributed by atoms with Gasteiger partial charge in [-0.15, -0.1) is 0 Å². The summed E-state index contributed by atoms with van der Waals surface area (Å²) < 4.78 is 1.58. The number of rotatable bonds is 8. The number of guanidine groups is 1. The van der Waals surface area contributed by atoms with Gasteiger partial charge in [-0.05, 0) is 49.6 Å². The molecule has 2 aromatic heterocycles. The summed E-state index contributed by atoms with van der Waals surface area (Å²) in [5, 5.41) is 4.48. The number of hydrogen-bond acceptors (Lipinski definition) is 4. The van der Waals surface area contributed by atoms with E-state index >= 15 is 0 Å². The van der Waals surface area contributed by atoms with Gasteiger partial charge in [0.15, 0.2) is 5.96 Å². The number of aromatic amines is 1. The number of H-pyrrole nitrogens is 1. The summed E-state index contributed by atoms with van der Waals surface area (Å²) >= 11 is 0. The molecular weight excluding hydrogens is 366 g/mol. The van der Waals surface area contributed by atoms with E-state index in [-0.39, 0.29) is 17.7 Å². The van der Waals surface area contributed by atoms with Crippen molar-refractivity contribution < 1.29 is 0 Å². The molecule has 2 heterocycles. The van der Waals surface area contributed by atoms with E-state index in [1.807, 2.05) is 31.3 Å². The fourth-order valence-electron chi connectivity index (χ4n) is 3.44. The zero-order chi connectivity index (χ0) is 21.0. The maximum absolute atomic E-state index is 12.4. The van der Waals surface area contributed by atoms with Crippen molar-refractivity contribution in [2.24, 2.45) is 22.4 Å². The number of nitrogens with one attached hydrogen (secondary N) is 2. The maximum Gasteiger partial charge on any atom is 0.354 e. The van der Waals surface area contributed by atoms with E-state index in [1.54, 1.807) is 4.57 Å². The molecule has 0 aliphatic heterocycles. The molecule has 1 atom stereocenters. The average molecular weight is 396 g/mol. The van der Waals surface area contributed by atoms with Crippen LogP contribution in [0, 0.1) is 12.8 Å². The zero-order valence-corrected chi connectivity index (χ0v) is 17.1. The molecule has 29 heavy (non-hydrogen) atoms. The van der Waals surface area contributed by atoms with Gasteiger partial charge in [0, 0.05) is 29.9 Å². The van der Waals surface area contributed by atoms with Crippen molar-refractivity contribution in [1.82, 2.24) is 19.9 Å². The molecule has 0 fully saturated rings. The molecule has 0 aliphatic rings. The minimum atomic E-state index is -0.301. The van der Waals surface area contributed by atoms with Gasteiger partial charge in [-0.2, -0.15) is 4.98 Å². The molecule has 3 aromatic rings. The summed E-state index contributed by atoms with van der Waals surface area (Å²) in [7, 11) is 0. The highest BCUT2D eigenvalue weighted by molar-refractivity contribution is 5.76. The molecule has 0 bridgehead atoms. The van der Waals surface area contributed by atoms with Crippen LogP contribution in [0.4, 0.5) is 0 Å². The molecule has 1 aromatic carbocycles. The Morgan fingerprint density at radius 2 is 2.00 bits per heavy atom. The van der Waals surface area contributed by atoms with Gasteiger partial charge in [0.25, 0.3) is 0 Å². The van der Waals surface area contributed by atoms with Crippen molar-refractivity contribution in [3.8, 4) is 5.69 Å². The van der Waals surface area contributed by atoms with Crippen molar-refractivity contribution >= 4 is 17.0 Å². The topological polar surface area (TPSA) is 127 Å². The van der Waals surface area contributed by atoms with E-state index in [1.165, 1.54) is 5.56 Å². The predicted octanol–water partition coefficient (Wildman–Crippen LogP) is 1.97. The highest BCUT2D eigenvalue weighted by Gasteiger charge is 2.15. The first-order valence-electron chi connectivity index (χ1n) is 9.83. The van der Waals surface area contributed by atoms with Gasteiger partial charge in [0.05, 0.1) is 5.69 Å². The van der Waals surface area contributed by atoms with Crippen molar-refractivity contribution in [2.75, 3.05) is 13.1 Å². The Morgan fingerprint density at radius 1 is 1.28 bits per heavy atom. The fourth-order valence-corrected chi connectivity index (χ4v) is 3.44. The number of fused-ring (bicyclic) bond motifs is 1. The number of aromatic nitrogens is 3. The lowest BCUT2D eigenvalue weighted by atomic mass is 9.95. The summed E-state index contributed by atoms with van der Waals surface area (Å²) in [6.07, 6.45) is 2.68. The lowest BCUT2D eigenvalue weighted by Gasteiger charge is -2.23. The van der Waals surface area contributed by atoms with Gasteiger partial charge < -0.3 is 21.8 Å². The second kappa shape index (κ2) is 8.91. The molecule has 0 spiro atoms. The summed E-state index contributed by atoms with van der Waals surface area (Å²) in [5.74, 6) is 0.534. The summed E-state index contributed by atoms with van der Waals surface area (Å²) in [6.45, 7) is 7.72. The van der Waals surface area contributed by atoms with Gasteiger partial charge in [-0.1, -0.05) is 26.0 Å². The predicted molar refractivity (Wildman–Crippen MR) is 117 cm³/mol. The summed E-state index contributed by atoms with van der Waals surface area (Å²) in [6, 6.07) is 10.2. The summed E-state index contributed by atoms with van der Waals surface area (Å²) in [4.78, 5) is 23.7. The third-order valence-corrected chi connectivity index (χ3v) is 4.83. The van der Waals surface area contributed by atoms with Crippen LogP contribution in [-0.2, 0) is 0 Å².